The molecule has 0 bridgehead atoms. The van der Waals surface area contributed by atoms with Gasteiger partial charge in [-0.15, -0.1) is 11.3 Å². The van der Waals surface area contributed by atoms with Crippen LogP contribution in [0.4, 0.5) is 5.13 Å². The fourth-order valence-electron chi connectivity index (χ4n) is 2.04. The largest absolute Gasteiger partial charge is 0.296 e. The van der Waals surface area contributed by atoms with Crippen LogP contribution in [0.1, 0.15) is 16.2 Å². The zero-order valence-electron chi connectivity index (χ0n) is 11.5. The van der Waals surface area contributed by atoms with E-state index in [9.17, 15) is 9.59 Å². The second-order valence-electron chi connectivity index (χ2n) is 4.57. The smallest absolute Gasteiger partial charge is 0.278 e. The molecule has 6 nitrogen and oxygen atoms in total. The predicted octanol–water partition coefficient (Wildman–Crippen LogP) is 1.95. The van der Waals surface area contributed by atoms with Crippen LogP contribution in [0.2, 0.25) is 0 Å². The van der Waals surface area contributed by atoms with Crippen molar-refractivity contribution >= 4 is 33.1 Å². The lowest BCUT2D eigenvalue weighted by molar-refractivity contribution is 0.102. The lowest BCUT2D eigenvalue weighted by Gasteiger charge is -2.07. The van der Waals surface area contributed by atoms with Crippen molar-refractivity contribution in [3.63, 3.8) is 0 Å². The highest BCUT2D eigenvalue weighted by molar-refractivity contribution is 7.13. The number of aromatic nitrogens is 3. The van der Waals surface area contributed by atoms with Gasteiger partial charge in [0.1, 0.15) is 0 Å². The molecule has 7 heteroatoms. The third-order valence-corrected chi connectivity index (χ3v) is 3.89. The van der Waals surface area contributed by atoms with E-state index in [0.717, 1.165) is 5.69 Å². The number of anilines is 1. The van der Waals surface area contributed by atoms with E-state index < -0.39 is 0 Å². The quantitative estimate of drug-likeness (QED) is 0.784. The van der Waals surface area contributed by atoms with Crippen molar-refractivity contribution in [3.05, 3.63) is 51.4 Å². The summed E-state index contributed by atoms with van der Waals surface area (Å²) in [7, 11) is 1.53. The van der Waals surface area contributed by atoms with E-state index in [1.54, 1.807) is 24.3 Å². The summed E-state index contributed by atoms with van der Waals surface area (Å²) in [5.41, 5.74) is 0.821. The van der Waals surface area contributed by atoms with Gasteiger partial charge in [0, 0.05) is 17.8 Å². The van der Waals surface area contributed by atoms with Crippen LogP contribution in [0, 0.1) is 6.92 Å². The number of aryl methyl sites for hydroxylation is 2. The van der Waals surface area contributed by atoms with Crippen LogP contribution >= 0.6 is 11.3 Å². The molecule has 2 aromatic heterocycles. The summed E-state index contributed by atoms with van der Waals surface area (Å²) in [6.45, 7) is 1.85. The van der Waals surface area contributed by atoms with Crippen LogP contribution in [0.3, 0.4) is 0 Å². The maximum atomic E-state index is 12.4. The van der Waals surface area contributed by atoms with Crippen molar-refractivity contribution in [2.24, 2.45) is 7.05 Å². The highest BCUT2D eigenvalue weighted by Gasteiger charge is 2.16. The molecule has 1 N–H and O–H groups in total. The summed E-state index contributed by atoms with van der Waals surface area (Å²) in [6, 6.07) is 6.93. The Hall–Kier alpha value is -2.54. The minimum atomic E-state index is -0.379. The Bertz CT molecular complexity index is 897. The van der Waals surface area contributed by atoms with E-state index in [-0.39, 0.29) is 17.2 Å². The maximum Gasteiger partial charge on any atom is 0.278 e. The third kappa shape index (κ3) is 2.43. The molecule has 0 saturated carbocycles. The molecule has 106 valence electrons. The molecule has 0 spiro atoms. The van der Waals surface area contributed by atoms with Crippen LogP contribution in [-0.4, -0.2) is 20.7 Å². The van der Waals surface area contributed by atoms with Crippen molar-refractivity contribution in [3.8, 4) is 0 Å². The Balaban J connectivity index is 2.09. The Morgan fingerprint density at radius 1 is 1.29 bits per heavy atom. The summed E-state index contributed by atoms with van der Waals surface area (Å²) >= 11 is 1.35. The summed E-state index contributed by atoms with van der Waals surface area (Å²) in [5, 5.41) is 10.1. The standard InChI is InChI=1S/C14H12N4O2S/c1-8-7-21-14(15-8)16-12(19)11-9-5-3-4-6-10(9)13(20)18(2)17-11/h3-7H,1-2H3,(H,15,16,19). The molecule has 0 fully saturated rings. The first kappa shape index (κ1) is 13.4. The molecule has 0 radical (unpaired) electrons. The summed E-state index contributed by atoms with van der Waals surface area (Å²) in [4.78, 5) is 28.6. The fraction of sp³-hybridized carbons (Fsp3) is 0.143. The van der Waals surface area contributed by atoms with Gasteiger partial charge in [-0.05, 0) is 13.0 Å². The molecule has 21 heavy (non-hydrogen) atoms. The van der Waals surface area contributed by atoms with Gasteiger partial charge in [-0.25, -0.2) is 9.67 Å². The molecular formula is C14H12N4O2S. The first-order chi connectivity index (χ1) is 10.1. The number of carbonyl (C=O) groups excluding carboxylic acids is 1. The molecule has 1 aromatic carbocycles. The molecule has 0 aliphatic carbocycles. The first-order valence-electron chi connectivity index (χ1n) is 6.26. The van der Waals surface area contributed by atoms with Gasteiger partial charge in [-0.3, -0.25) is 14.9 Å². The van der Waals surface area contributed by atoms with Gasteiger partial charge in [0.25, 0.3) is 11.5 Å². The zero-order valence-corrected chi connectivity index (χ0v) is 12.3. The SMILES string of the molecule is Cc1csc(NC(=O)c2nn(C)c(=O)c3ccccc23)n1. The van der Waals surface area contributed by atoms with Crippen LogP contribution in [0.5, 0.6) is 0 Å². The van der Waals surface area contributed by atoms with Crippen LogP contribution in [0.15, 0.2) is 34.4 Å². The second-order valence-corrected chi connectivity index (χ2v) is 5.43. The molecular weight excluding hydrogens is 288 g/mol. The molecule has 0 aliphatic rings. The Labute approximate surface area is 124 Å². The summed E-state index contributed by atoms with van der Waals surface area (Å²) in [6.07, 6.45) is 0. The highest BCUT2D eigenvalue weighted by Crippen LogP contribution is 2.18. The Morgan fingerprint density at radius 2 is 2.00 bits per heavy atom. The van der Waals surface area contributed by atoms with E-state index >= 15 is 0 Å². The second kappa shape index (κ2) is 5.10. The van der Waals surface area contributed by atoms with Gasteiger partial charge in [-0.1, -0.05) is 18.2 Å². The van der Waals surface area contributed by atoms with Crippen LogP contribution < -0.4 is 10.9 Å². The summed E-state index contributed by atoms with van der Waals surface area (Å²) in [5.74, 6) is -0.379. The van der Waals surface area contributed by atoms with Crippen molar-refractivity contribution in [1.29, 1.82) is 0 Å². The summed E-state index contributed by atoms with van der Waals surface area (Å²) < 4.78 is 1.17. The molecule has 2 heterocycles. The molecule has 0 saturated heterocycles. The minimum Gasteiger partial charge on any atom is -0.296 e. The van der Waals surface area contributed by atoms with Crippen LogP contribution in [0.25, 0.3) is 10.8 Å². The number of fused-ring (bicyclic) bond motifs is 1. The number of benzene rings is 1. The normalized spacial score (nSPS) is 10.8. The van der Waals surface area contributed by atoms with Crippen molar-refractivity contribution < 1.29 is 4.79 Å². The van der Waals surface area contributed by atoms with E-state index in [1.807, 2.05) is 12.3 Å². The number of carbonyl (C=O) groups is 1. The number of nitrogens with one attached hydrogen (secondary N) is 1. The fourth-order valence-corrected chi connectivity index (χ4v) is 2.72. The van der Waals surface area contributed by atoms with Gasteiger partial charge in [0.15, 0.2) is 10.8 Å². The molecule has 0 unspecified atom stereocenters. The lowest BCUT2D eigenvalue weighted by Crippen LogP contribution is -2.25. The number of hydrogen-bond donors (Lipinski definition) is 1. The highest BCUT2D eigenvalue weighted by atomic mass is 32.1. The Morgan fingerprint density at radius 3 is 2.67 bits per heavy atom. The van der Waals surface area contributed by atoms with Gasteiger partial charge < -0.3 is 0 Å². The third-order valence-electron chi connectivity index (χ3n) is 3.01. The van der Waals surface area contributed by atoms with Gasteiger partial charge in [0.2, 0.25) is 0 Å². The van der Waals surface area contributed by atoms with Crippen molar-refractivity contribution in [2.75, 3.05) is 5.32 Å². The molecule has 0 aliphatic heterocycles. The van der Waals surface area contributed by atoms with Gasteiger partial charge >= 0.3 is 0 Å². The van der Waals surface area contributed by atoms with Gasteiger partial charge in [0.05, 0.1) is 11.1 Å². The number of thiazole rings is 1. The molecule has 1 amide bonds. The number of amides is 1. The van der Waals surface area contributed by atoms with E-state index in [0.29, 0.717) is 15.9 Å². The maximum absolute atomic E-state index is 12.4. The van der Waals surface area contributed by atoms with E-state index in [4.69, 9.17) is 0 Å². The minimum absolute atomic E-state index is 0.209. The van der Waals surface area contributed by atoms with Crippen LogP contribution in [-0.2, 0) is 7.05 Å². The molecule has 3 rings (SSSR count). The van der Waals surface area contributed by atoms with E-state index in [2.05, 4.69) is 15.4 Å². The first-order valence-corrected chi connectivity index (χ1v) is 7.14. The number of nitrogens with zero attached hydrogens (tertiary/aromatic N) is 3. The average Bonchev–Trinajstić information content (AvgIpc) is 2.88. The monoisotopic (exact) mass is 300 g/mol. The van der Waals surface area contributed by atoms with E-state index in [1.165, 1.54) is 23.1 Å². The predicted molar refractivity (Wildman–Crippen MR) is 81.8 cm³/mol. The molecule has 3 aromatic rings. The lowest BCUT2D eigenvalue weighted by atomic mass is 10.1. The zero-order chi connectivity index (χ0) is 15.0. The van der Waals surface area contributed by atoms with Crippen molar-refractivity contribution in [1.82, 2.24) is 14.8 Å². The Kier molecular flexibility index (Phi) is 3.26. The molecule has 0 atom stereocenters. The van der Waals surface area contributed by atoms with Gasteiger partial charge in [-0.2, -0.15) is 5.10 Å². The number of rotatable bonds is 2. The topological polar surface area (TPSA) is 76.9 Å². The average molecular weight is 300 g/mol. The number of hydrogen-bond acceptors (Lipinski definition) is 5. The van der Waals surface area contributed by atoms with Crippen molar-refractivity contribution in [2.45, 2.75) is 6.92 Å².